The third-order valence-corrected chi connectivity index (χ3v) is 3.97. The normalized spacial score (nSPS) is 10.5. The summed E-state index contributed by atoms with van der Waals surface area (Å²) in [5.74, 6) is 0.988. The van der Waals surface area contributed by atoms with Gasteiger partial charge in [-0.25, -0.2) is 0 Å². The van der Waals surface area contributed by atoms with E-state index in [2.05, 4.69) is 10.5 Å². The van der Waals surface area contributed by atoms with Crippen LogP contribution in [0, 0.1) is 13.8 Å². The maximum Gasteiger partial charge on any atom is 0.277 e. The summed E-state index contributed by atoms with van der Waals surface area (Å²) in [5, 5.41) is 6.73. The maximum atomic E-state index is 12.4. The number of carbonyl (C=O) groups is 1. The minimum atomic E-state index is -0.299. The van der Waals surface area contributed by atoms with Crippen molar-refractivity contribution < 1.29 is 14.1 Å². The minimum absolute atomic E-state index is 0.238. The topological polar surface area (TPSA) is 64.4 Å². The number of amides is 1. The van der Waals surface area contributed by atoms with Crippen LogP contribution in [0.3, 0.4) is 0 Å². The lowest BCUT2D eigenvalue weighted by atomic mass is 10.1. The number of aromatic nitrogens is 1. The van der Waals surface area contributed by atoms with Crippen LogP contribution in [-0.2, 0) is 0 Å². The van der Waals surface area contributed by atoms with Crippen LogP contribution >= 0.6 is 0 Å². The lowest BCUT2D eigenvalue weighted by Gasteiger charge is -2.08. The van der Waals surface area contributed by atoms with Crippen molar-refractivity contribution in [3.63, 3.8) is 0 Å². The highest BCUT2D eigenvalue weighted by Crippen LogP contribution is 2.24. The van der Waals surface area contributed by atoms with Gasteiger partial charge in [-0.3, -0.25) is 4.79 Å². The molecule has 0 bridgehead atoms. The second-order valence-corrected chi connectivity index (χ2v) is 5.51. The summed E-state index contributed by atoms with van der Waals surface area (Å²) in [6.07, 6.45) is 0. The molecule has 5 nitrogen and oxygen atoms in total. The molecule has 3 aromatic rings. The van der Waals surface area contributed by atoms with Crippen molar-refractivity contribution in [3.05, 3.63) is 65.4 Å². The zero-order valence-corrected chi connectivity index (χ0v) is 13.8. The smallest absolute Gasteiger partial charge is 0.277 e. The van der Waals surface area contributed by atoms with Gasteiger partial charge in [0.2, 0.25) is 0 Å². The first-order valence-electron chi connectivity index (χ1n) is 7.57. The summed E-state index contributed by atoms with van der Waals surface area (Å²) >= 11 is 0. The van der Waals surface area contributed by atoms with Gasteiger partial charge in [0, 0.05) is 17.3 Å². The van der Waals surface area contributed by atoms with Gasteiger partial charge in [-0.2, -0.15) is 0 Å². The first-order chi connectivity index (χ1) is 11.6. The van der Waals surface area contributed by atoms with Crippen LogP contribution in [0.2, 0.25) is 0 Å². The predicted octanol–water partition coefficient (Wildman–Crippen LogP) is 4.22. The fourth-order valence-corrected chi connectivity index (χ4v) is 2.35. The molecule has 0 saturated heterocycles. The van der Waals surface area contributed by atoms with Crippen LogP contribution in [0.15, 0.2) is 53.1 Å². The molecule has 0 fully saturated rings. The maximum absolute atomic E-state index is 12.4. The molecule has 122 valence electrons. The van der Waals surface area contributed by atoms with E-state index in [1.165, 1.54) is 0 Å². The van der Waals surface area contributed by atoms with Crippen LogP contribution in [0.5, 0.6) is 5.75 Å². The second-order valence-electron chi connectivity index (χ2n) is 5.51. The molecule has 0 radical (unpaired) electrons. The van der Waals surface area contributed by atoms with Crippen molar-refractivity contribution in [1.82, 2.24) is 5.16 Å². The first-order valence-corrected chi connectivity index (χ1v) is 7.57. The quantitative estimate of drug-likeness (QED) is 0.781. The van der Waals surface area contributed by atoms with E-state index in [0.29, 0.717) is 5.76 Å². The Balaban J connectivity index is 1.79. The molecular weight excluding hydrogens is 304 g/mol. The largest absolute Gasteiger partial charge is 0.497 e. The molecule has 0 spiro atoms. The number of anilines is 1. The number of aryl methyl sites for hydroxylation is 1. The first kappa shape index (κ1) is 15.8. The van der Waals surface area contributed by atoms with Crippen LogP contribution in [-0.4, -0.2) is 18.2 Å². The Morgan fingerprint density at radius 1 is 1.12 bits per heavy atom. The molecule has 1 aromatic heterocycles. The summed E-state index contributed by atoms with van der Waals surface area (Å²) < 4.78 is 10.4. The molecular formula is C19H18N2O3. The van der Waals surface area contributed by atoms with Crippen molar-refractivity contribution in [1.29, 1.82) is 0 Å². The second kappa shape index (κ2) is 6.58. The van der Waals surface area contributed by atoms with Crippen LogP contribution < -0.4 is 10.1 Å². The Hall–Kier alpha value is -3.08. The van der Waals surface area contributed by atoms with E-state index in [1.54, 1.807) is 13.2 Å². The standard InChI is InChI=1S/C19H18N2O3/c1-12-5-4-6-16(13(12)2)20-19(22)17-11-18(24-21-17)14-7-9-15(23-3)10-8-14/h4-11H,1-3H3,(H,20,22). The van der Waals surface area contributed by atoms with E-state index in [0.717, 1.165) is 28.1 Å². The highest BCUT2D eigenvalue weighted by molar-refractivity contribution is 6.03. The monoisotopic (exact) mass is 322 g/mol. The predicted molar refractivity (Wildman–Crippen MR) is 92.4 cm³/mol. The molecule has 24 heavy (non-hydrogen) atoms. The van der Waals surface area contributed by atoms with Crippen molar-refractivity contribution >= 4 is 11.6 Å². The molecule has 0 atom stereocenters. The summed E-state index contributed by atoms with van der Waals surface area (Å²) in [7, 11) is 1.61. The van der Waals surface area contributed by atoms with Gasteiger partial charge >= 0.3 is 0 Å². The zero-order chi connectivity index (χ0) is 17.1. The molecule has 0 aliphatic carbocycles. The number of carbonyl (C=O) groups excluding carboxylic acids is 1. The Morgan fingerprint density at radius 2 is 1.88 bits per heavy atom. The number of rotatable bonds is 4. The number of hydrogen-bond donors (Lipinski definition) is 1. The van der Waals surface area contributed by atoms with Crippen LogP contribution in [0.4, 0.5) is 5.69 Å². The van der Waals surface area contributed by atoms with Crippen LogP contribution in [0.1, 0.15) is 21.6 Å². The number of hydrogen-bond acceptors (Lipinski definition) is 4. The Labute approximate surface area is 140 Å². The molecule has 3 rings (SSSR count). The van der Waals surface area contributed by atoms with Crippen LogP contribution in [0.25, 0.3) is 11.3 Å². The minimum Gasteiger partial charge on any atom is -0.497 e. The number of nitrogens with one attached hydrogen (secondary N) is 1. The molecule has 0 aliphatic rings. The van der Waals surface area contributed by atoms with Gasteiger partial charge in [0.15, 0.2) is 11.5 Å². The van der Waals surface area contributed by atoms with E-state index in [9.17, 15) is 4.79 Å². The number of ether oxygens (including phenoxy) is 1. The Kier molecular flexibility index (Phi) is 4.33. The van der Waals surface area contributed by atoms with Gasteiger partial charge in [0.05, 0.1) is 7.11 Å². The van der Waals surface area contributed by atoms with Gasteiger partial charge in [-0.1, -0.05) is 17.3 Å². The zero-order valence-electron chi connectivity index (χ0n) is 13.8. The van der Waals surface area contributed by atoms with E-state index in [1.807, 2.05) is 56.3 Å². The average molecular weight is 322 g/mol. The number of methoxy groups -OCH3 is 1. The Morgan fingerprint density at radius 3 is 2.58 bits per heavy atom. The fraction of sp³-hybridized carbons (Fsp3) is 0.158. The number of nitrogens with zero attached hydrogens (tertiary/aromatic N) is 1. The van der Waals surface area contributed by atoms with Gasteiger partial charge in [-0.15, -0.1) is 0 Å². The highest BCUT2D eigenvalue weighted by atomic mass is 16.5. The summed E-state index contributed by atoms with van der Waals surface area (Å²) in [4.78, 5) is 12.4. The van der Waals surface area contributed by atoms with Crippen molar-refractivity contribution in [2.24, 2.45) is 0 Å². The highest BCUT2D eigenvalue weighted by Gasteiger charge is 2.15. The van der Waals surface area contributed by atoms with Crippen molar-refractivity contribution in [2.45, 2.75) is 13.8 Å². The molecule has 2 aromatic carbocycles. The average Bonchev–Trinajstić information content (AvgIpc) is 3.09. The Bertz CT molecular complexity index is 867. The summed E-state index contributed by atoms with van der Waals surface area (Å²) in [5.41, 5.74) is 3.99. The summed E-state index contributed by atoms with van der Waals surface area (Å²) in [6.45, 7) is 3.97. The molecule has 5 heteroatoms. The van der Waals surface area contributed by atoms with E-state index >= 15 is 0 Å². The molecule has 0 unspecified atom stereocenters. The van der Waals surface area contributed by atoms with Gasteiger partial charge in [-0.05, 0) is 55.3 Å². The number of benzene rings is 2. The van der Waals surface area contributed by atoms with Gasteiger partial charge in [0.25, 0.3) is 5.91 Å². The van der Waals surface area contributed by atoms with Gasteiger partial charge in [0.1, 0.15) is 5.75 Å². The molecule has 1 heterocycles. The van der Waals surface area contributed by atoms with Crippen molar-refractivity contribution in [2.75, 3.05) is 12.4 Å². The molecule has 0 aliphatic heterocycles. The van der Waals surface area contributed by atoms with E-state index < -0.39 is 0 Å². The van der Waals surface area contributed by atoms with E-state index in [-0.39, 0.29) is 11.6 Å². The lowest BCUT2D eigenvalue weighted by molar-refractivity contribution is 0.101. The van der Waals surface area contributed by atoms with E-state index in [4.69, 9.17) is 9.26 Å². The van der Waals surface area contributed by atoms with Crippen molar-refractivity contribution in [3.8, 4) is 17.1 Å². The molecule has 1 N–H and O–H groups in total. The molecule has 0 saturated carbocycles. The third-order valence-electron chi connectivity index (χ3n) is 3.97. The third kappa shape index (κ3) is 3.15. The summed E-state index contributed by atoms with van der Waals surface area (Å²) in [6, 6.07) is 14.8. The molecule has 1 amide bonds. The van der Waals surface area contributed by atoms with Gasteiger partial charge < -0.3 is 14.6 Å². The lowest BCUT2D eigenvalue weighted by Crippen LogP contribution is -2.13. The fourth-order valence-electron chi connectivity index (χ4n) is 2.35. The SMILES string of the molecule is COc1ccc(-c2cc(C(=O)Nc3cccc(C)c3C)no2)cc1.